The third kappa shape index (κ3) is 14.9. The van der Waals surface area contributed by atoms with Crippen LogP contribution in [0.15, 0.2) is 107 Å². The van der Waals surface area contributed by atoms with E-state index in [0.29, 0.717) is 41.4 Å². The molecule has 0 radical (unpaired) electrons. The van der Waals surface area contributed by atoms with E-state index in [0.717, 1.165) is 57.3 Å². The summed E-state index contributed by atoms with van der Waals surface area (Å²) in [5.74, 6) is 0.120. The number of rotatable bonds is 21. The van der Waals surface area contributed by atoms with Crippen LogP contribution < -0.4 is 28.4 Å². The molecular weight excluding hydrogens is 1090 g/mol. The van der Waals surface area contributed by atoms with Crippen LogP contribution in [0, 0.1) is 0 Å². The third-order valence-corrected chi connectivity index (χ3v) is 13.4. The fourth-order valence-corrected chi connectivity index (χ4v) is 9.56. The summed E-state index contributed by atoms with van der Waals surface area (Å²) < 4.78 is 39.4. The standard InChI is InChI=1S/C22H26N3O4.C21H23N3O4.C20H21N3O4.CH4/c1-14(2)25-17(10-12-24-25)21-16(7-6-11-23-21)13-29-18-8-9-19(27-4)22(28-5)20(18)15(3)26;1-13(2)24-16(9-11-23-24)20-15(6-5-10-22-20)12-28-17-7-8-18(27-4)21(26)19(17)14(3)25;1-12(2)23-15(8-10-22-23)19-14(5-4-9-21-19)11-27-17-7-6-16(25)20(26)18(17)13(3)24;/h6-9,11-12,14H,10,13H2,1-5H3;5-8,10-11,13H,9,12H2,1-4H3;4-7,9-10,12,21H,8,11H2,1-3H3;1H4/q+1;;;/p+2. The Hall–Kier alpha value is -9.66. The first-order valence-electron chi connectivity index (χ1n) is 27.3. The molecule has 0 saturated carbocycles. The molecule has 0 amide bonds. The molecule has 6 aromatic rings. The second-order valence-electron chi connectivity index (χ2n) is 20.2. The molecule has 3 aromatic carbocycles. The maximum absolute atomic E-state index is 12.3. The number of hydrogen-bond donors (Lipinski definition) is 3. The van der Waals surface area contributed by atoms with Crippen LogP contribution in [-0.2, 0) is 19.8 Å². The van der Waals surface area contributed by atoms with E-state index in [1.807, 2.05) is 69.1 Å². The second-order valence-corrected chi connectivity index (χ2v) is 20.2. The van der Waals surface area contributed by atoms with Crippen LogP contribution in [0.2, 0.25) is 0 Å². The molecule has 3 aromatic heterocycles. The Morgan fingerprint density at radius 3 is 1.13 bits per heavy atom. The molecule has 0 spiro atoms. The molecule has 6 heterocycles. The molecular formula is C64H76N9O12+3. The zero-order valence-electron chi connectivity index (χ0n) is 49.4. The molecule has 0 unspecified atom stereocenters. The van der Waals surface area contributed by atoms with Crippen molar-refractivity contribution in [2.24, 2.45) is 15.3 Å². The van der Waals surface area contributed by atoms with Gasteiger partial charge in [0, 0.05) is 35.3 Å². The monoisotopic (exact) mass is 1160 g/mol. The van der Waals surface area contributed by atoms with Gasteiger partial charge in [-0.1, -0.05) is 39.7 Å². The molecule has 0 aliphatic carbocycles. The lowest BCUT2D eigenvalue weighted by Crippen LogP contribution is -2.22. The highest BCUT2D eigenvalue weighted by atomic mass is 16.5. The van der Waals surface area contributed by atoms with Crippen molar-refractivity contribution in [3.8, 4) is 51.7 Å². The van der Waals surface area contributed by atoms with Gasteiger partial charge in [0.25, 0.3) is 0 Å². The molecule has 21 heteroatoms. The maximum Gasteiger partial charge on any atom is 0.240 e. The predicted octanol–water partition coefficient (Wildman–Crippen LogP) is 10.2. The largest absolute Gasteiger partial charge is 0.504 e. The van der Waals surface area contributed by atoms with Crippen molar-refractivity contribution >= 4 is 53.1 Å². The molecule has 3 aliphatic rings. The number of nitrogens with zero attached hydrogens (tertiary/aromatic N) is 9. The zero-order chi connectivity index (χ0) is 60.8. The lowest BCUT2D eigenvalue weighted by atomic mass is 10.1. The average molecular weight is 1160 g/mol. The number of Topliss-reactive ketones (excluding diaryl/α,β-unsaturated/α-hetero) is 3. The molecule has 0 saturated heterocycles. The molecule has 85 heavy (non-hydrogen) atoms. The SMILES string of the molecule is C.CC(=O)c1c(OCc2cccnc2C2=[N+](C(C)C)N=CC2)ccc(O)c1O.COc1ccc(OCc2cccnc2C2=[N+](C(C)C)N=CC2)c(C(C)=O)c1O.COc1ccc(OCc2cccnc2C2=[N+](C(C)C)N=CC2)c(C(C)=O)c1OC. The van der Waals surface area contributed by atoms with Gasteiger partial charge in [-0.2, -0.15) is 0 Å². The van der Waals surface area contributed by atoms with Crippen LogP contribution in [-0.4, -0.2) is 137 Å². The van der Waals surface area contributed by atoms with Gasteiger partial charge in [-0.3, -0.25) is 14.4 Å². The van der Waals surface area contributed by atoms with Gasteiger partial charge >= 0.3 is 0 Å². The van der Waals surface area contributed by atoms with Crippen LogP contribution in [0.1, 0.15) is 154 Å². The summed E-state index contributed by atoms with van der Waals surface area (Å²) in [6.07, 6.45) is 12.9. The van der Waals surface area contributed by atoms with Crippen LogP contribution in [0.5, 0.6) is 51.7 Å². The molecule has 21 nitrogen and oxygen atoms in total. The highest BCUT2D eigenvalue weighted by Crippen LogP contribution is 2.40. The van der Waals surface area contributed by atoms with Crippen molar-refractivity contribution < 1.29 is 72.2 Å². The van der Waals surface area contributed by atoms with Crippen LogP contribution >= 0.6 is 0 Å². The Balaban J connectivity index is 0.000000203. The Morgan fingerprint density at radius 2 is 0.788 bits per heavy atom. The molecule has 0 bridgehead atoms. The van der Waals surface area contributed by atoms with E-state index in [2.05, 4.69) is 71.8 Å². The summed E-state index contributed by atoms with van der Waals surface area (Å²) >= 11 is 0. The smallest absolute Gasteiger partial charge is 0.240 e. The fourth-order valence-electron chi connectivity index (χ4n) is 9.56. The number of methoxy groups -OCH3 is 3. The van der Waals surface area contributed by atoms with Gasteiger partial charge in [0.2, 0.25) is 17.1 Å². The number of hydrogen-bond acceptors (Lipinski definition) is 18. The summed E-state index contributed by atoms with van der Waals surface area (Å²) in [5, 5.41) is 43.2. The van der Waals surface area contributed by atoms with Crippen molar-refractivity contribution in [1.29, 1.82) is 0 Å². The summed E-state index contributed by atoms with van der Waals surface area (Å²) in [7, 11) is 4.47. The molecule has 3 N–H and O–H groups in total. The average Bonchev–Trinajstić information content (AvgIpc) is 4.43. The van der Waals surface area contributed by atoms with E-state index in [9.17, 15) is 29.7 Å². The van der Waals surface area contributed by atoms with E-state index in [-0.39, 0.29) is 91.1 Å². The minimum atomic E-state index is -0.476. The fraction of sp³-hybridized carbons (Fsp3) is 0.344. The van der Waals surface area contributed by atoms with E-state index < -0.39 is 11.5 Å². The lowest BCUT2D eigenvalue weighted by molar-refractivity contribution is -0.560. The normalized spacial score (nSPS) is 13.2. The number of aromatic nitrogens is 3. The molecule has 3 aliphatic heterocycles. The van der Waals surface area contributed by atoms with Gasteiger partial charge < -0.3 is 43.7 Å². The predicted molar refractivity (Wildman–Crippen MR) is 324 cm³/mol. The van der Waals surface area contributed by atoms with Gasteiger partial charge in [0.1, 0.15) is 70.8 Å². The Morgan fingerprint density at radius 1 is 0.459 bits per heavy atom. The Bertz CT molecular complexity index is 3640. The number of carbonyl (C=O) groups excluding carboxylic acids is 3. The van der Waals surface area contributed by atoms with Crippen LogP contribution in [0.3, 0.4) is 0 Å². The van der Waals surface area contributed by atoms with Crippen molar-refractivity contribution in [3.63, 3.8) is 0 Å². The van der Waals surface area contributed by atoms with E-state index in [4.69, 9.17) is 28.4 Å². The molecule has 0 fully saturated rings. The molecule has 446 valence electrons. The Kier molecular flexibility index (Phi) is 22.4. The number of pyridine rings is 3. The number of phenols is 3. The second kappa shape index (κ2) is 29.5. The van der Waals surface area contributed by atoms with Gasteiger partial charge in [0.05, 0.1) is 59.2 Å². The van der Waals surface area contributed by atoms with Gasteiger partial charge in [-0.05, 0) is 132 Å². The van der Waals surface area contributed by atoms with Crippen LogP contribution in [0.25, 0.3) is 0 Å². The highest BCUT2D eigenvalue weighted by molar-refractivity contribution is 6.07. The highest BCUT2D eigenvalue weighted by Gasteiger charge is 2.32. The molecule has 9 rings (SSSR count). The van der Waals surface area contributed by atoms with E-state index >= 15 is 0 Å². The number of hydrazone groups is 3. The number of benzene rings is 3. The zero-order valence-corrected chi connectivity index (χ0v) is 49.4. The number of ether oxygens (including phenoxy) is 6. The van der Waals surface area contributed by atoms with Gasteiger partial charge in [-0.25, -0.2) is 15.0 Å². The lowest BCUT2D eigenvalue weighted by Gasteiger charge is -2.16. The minimum absolute atomic E-state index is 0. The number of ketones is 3. The quantitative estimate of drug-likeness (QED) is 0.0344. The van der Waals surface area contributed by atoms with Gasteiger partial charge in [0.15, 0.2) is 70.0 Å². The van der Waals surface area contributed by atoms with Crippen molar-refractivity contribution in [2.75, 3.05) is 21.3 Å². The van der Waals surface area contributed by atoms with Crippen molar-refractivity contribution in [1.82, 2.24) is 15.0 Å². The first kappa shape index (κ1) is 64.5. The first-order valence-corrected chi connectivity index (χ1v) is 27.3. The van der Waals surface area contributed by atoms with Gasteiger partial charge in [-0.15, -0.1) is 0 Å². The summed E-state index contributed by atoms with van der Waals surface area (Å²) in [6, 6.07) is 21.4. The summed E-state index contributed by atoms with van der Waals surface area (Å²) in [5.41, 5.74) is 8.55. The number of carbonyl (C=O) groups is 3. The van der Waals surface area contributed by atoms with Crippen molar-refractivity contribution in [3.05, 3.63) is 142 Å². The van der Waals surface area contributed by atoms with E-state index in [1.54, 1.807) is 42.9 Å². The third-order valence-electron chi connectivity index (χ3n) is 13.4. The minimum Gasteiger partial charge on any atom is -0.504 e. The Labute approximate surface area is 495 Å². The van der Waals surface area contributed by atoms with Crippen molar-refractivity contribution in [2.45, 2.75) is 127 Å². The summed E-state index contributed by atoms with van der Waals surface area (Å²) in [6.45, 7) is 17.2. The number of phenolic OH excluding ortho intramolecular Hbond substituents is 3. The summed E-state index contributed by atoms with van der Waals surface area (Å²) in [4.78, 5) is 49.8. The van der Waals surface area contributed by atoms with Crippen LogP contribution in [0.4, 0.5) is 0 Å². The molecule has 0 atom stereocenters. The first-order chi connectivity index (χ1) is 40.3. The maximum atomic E-state index is 12.3. The topological polar surface area (TPSA) is 252 Å². The number of aromatic hydroxyl groups is 3. The van der Waals surface area contributed by atoms with E-state index in [1.165, 1.54) is 54.2 Å².